The molecule has 0 heterocycles. The number of sulfonamides is 1. The molecule has 0 aromatic heterocycles. The Labute approximate surface area is 135 Å². The average Bonchev–Trinajstić information content (AvgIpc) is 2.53. The van der Waals surface area contributed by atoms with Crippen molar-refractivity contribution >= 4 is 15.7 Å². The molecule has 6 nitrogen and oxygen atoms in total. The van der Waals surface area contributed by atoms with E-state index in [2.05, 4.69) is 0 Å². The fraction of sp³-hybridized carbons (Fsp3) is 0.250. The van der Waals surface area contributed by atoms with Crippen molar-refractivity contribution in [2.45, 2.75) is 31.3 Å². The molecule has 0 spiro atoms. The van der Waals surface area contributed by atoms with Crippen molar-refractivity contribution in [2.24, 2.45) is 0 Å². The molecule has 0 saturated heterocycles. The summed E-state index contributed by atoms with van der Waals surface area (Å²) in [6.07, 6.45) is 0. The minimum absolute atomic E-state index is 0.0728. The summed E-state index contributed by atoms with van der Waals surface area (Å²) in [6, 6.07) is 14.1. The Hall–Kier alpha value is -2.25. The van der Waals surface area contributed by atoms with Crippen molar-refractivity contribution in [3.05, 3.63) is 70.3 Å². The Kier molecular flexibility index (Phi) is 5.12. The number of rotatable bonds is 6. The second kappa shape index (κ2) is 6.89. The van der Waals surface area contributed by atoms with E-state index in [-0.39, 0.29) is 23.2 Å². The molecule has 0 saturated carbocycles. The highest BCUT2D eigenvalue weighted by atomic mass is 32.2. The molecule has 7 heteroatoms. The van der Waals surface area contributed by atoms with Crippen molar-refractivity contribution < 1.29 is 13.3 Å². The SMILES string of the molecule is CC(C)N(Cc1ccccc1)S(=O)(=O)c1cccc([N+](=O)[O-])c1. The molecule has 2 aromatic carbocycles. The fourth-order valence-corrected chi connectivity index (χ4v) is 3.87. The van der Waals surface area contributed by atoms with Crippen molar-refractivity contribution in [3.8, 4) is 0 Å². The molecule has 0 aliphatic carbocycles. The molecule has 0 aliphatic rings. The lowest BCUT2D eigenvalue weighted by molar-refractivity contribution is -0.385. The molecule has 0 N–H and O–H groups in total. The maximum atomic E-state index is 12.9. The van der Waals surface area contributed by atoms with Gasteiger partial charge in [0.15, 0.2) is 0 Å². The Bertz CT molecular complexity index is 789. The van der Waals surface area contributed by atoms with Crippen LogP contribution in [0.5, 0.6) is 0 Å². The summed E-state index contributed by atoms with van der Waals surface area (Å²) in [5.41, 5.74) is 0.615. The van der Waals surface area contributed by atoms with E-state index < -0.39 is 14.9 Å². The lowest BCUT2D eigenvalue weighted by atomic mass is 10.2. The Morgan fingerprint density at radius 1 is 1.09 bits per heavy atom. The third kappa shape index (κ3) is 3.94. The van der Waals surface area contributed by atoms with Gasteiger partial charge in [0.1, 0.15) is 0 Å². The van der Waals surface area contributed by atoms with E-state index in [1.807, 2.05) is 30.3 Å². The summed E-state index contributed by atoms with van der Waals surface area (Å²) < 4.78 is 27.0. The van der Waals surface area contributed by atoms with E-state index >= 15 is 0 Å². The van der Waals surface area contributed by atoms with Gasteiger partial charge in [-0.15, -0.1) is 0 Å². The number of nitro benzene ring substituents is 1. The first-order chi connectivity index (χ1) is 10.8. The van der Waals surface area contributed by atoms with Gasteiger partial charge in [-0.05, 0) is 25.5 Å². The molecule has 23 heavy (non-hydrogen) atoms. The standard InChI is InChI=1S/C16H18N2O4S/c1-13(2)17(12-14-7-4-3-5-8-14)23(21,22)16-10-6-9-15(11-16)18(19)20/h3-11,13H,12H2,1-2H3. The highest BCUT2D eigenvalue weighted by Gasteiger charge is 2.28. The lowest BCUT2D eigenvalue weighted by Crippen LogP contribution is -2.36. The van der Waals surface area contributed by atoms with Crippen molar-refractivity contribution in [2.75, 3.05) is 0 Å². The largest absolute Gasteiger partial charge is 0.270 e. The zero-order valence-electron chi connectivity index (χ0n) is 12.9. The molecule has 0 unspecified atom stereocenters. The summed E-state index contributed by atoms with van der Waals surface area (Å²) in [6.45, 7) is 3.76. The third-order valence-corrected chi connectivity index (χ3v) is 5.41. The second-order valence-corrected chi connectivity index (χ2v) is 7.27. The average molecular weight is 334 g/mol. The first kappa shape index (κ1) is 17.1. The monoisotopic (exact) mass is 334 g/mol. The van der Waals surface area contributed by atoms with Crippen LogP contribution < -0.4 is 0 Å². The van der Waals surface area contributed by atoms with Gasteiger partial charge in [-0.3, -0.25) is 10.1 Å². The van der Waals surface area contributed by atoms with Crippen molar-refractivity contribution in [1.82, 2.24) is 4.31 Å². The molecule has 0 fully saturated rings. The molecule has 0 radical (unpaired) electrons. The number of nitro groups is 1. The van der Waals surface area contributed by atoms with Gasteiger partial charge in [0.2, 0.25) is 10.0 Å². The zero-order valence-corrected chi connectivity index (χ0v) is 13.7. The Morgan fingerprint density at radius 3 is 2.30 bits per heavy atom. The topological polar surface area (TPSA) is 80.5 Å². The lowest BCUT2D eigenvalue weighted by Gasteiger charge is -2.26. The molecule has 2 aromatic rings. The Morgan fingerprint density at radius 2 is 1.74 bits per heavy atom. The normalized spacial score (nSPS) is 11.8. The maximum absolute atomic E-state index is 12.9. The zero-order chi connectivity index (χ0) is 17.0. The van der Waals surface area contributed by atoms with Crippen LogP contribution >= 0.6 is 0 Å². The minimum atomic E-state index is -3.83. The maximum Gasteiger partial charge on any atom is 0.270 e. The van der Waals surface area contributed by atoms with E-state index in [1.165, 1.54) is 22.5 Å². The number of benzene rings is 2. The van der Waals surface area contributed by atoms with Gasteiger partial charge >= 0.3 is 0 Å². The van der Waals surface area contributed by atoms with Gasteiger partial charge in [-0.25, -0.2) is 8.42 Å². The third-order valence-electron chi connectivity index (χ3n) is 3.39. The highest BCUT2D eigenvalue weighted by Crippen LogP contribution is 2.24. The van der Waals surface area contributed by atoms with E-state index in [0.717, 1.165) is 11.6 Å². The van der Waals surface area contributed by atoms with E-state index in [9.17, 15) is 18.5 Å². The fourth-order valence-electron chi connectivity index (χ4n) is 2.20. The molecule has 122 valence electrons. The first-order valence-corrected chi connectivity index (χ1v) is 8.56. The molecule has 0 amide bonds. The van der Waals surface area contributed by atoms with Gasteiger partial charge in [-0.2, -0.15) is 4.31 Å². The van der Waals surface area contributed by atoms with Gasteiger partial charge in [0.25, 0.3) is 5.69 Å². The molecule has 2 rings (SSSR count). The number of hydrogen-bond acceptors (Lipinski definition) is 4. The molecule has 0 aliphatic heterocycles. The number of hydrogen-bond donors (Lipinski definition) is 0. The van der Waals surface area contributed by atoms with Crippen LogP contribution in [0.1, 0.15) is 19.4 Å². The molecular weight excluding hydrogens is 316 g/mol. The summed E-state index contributed by atoms with van der Waals surface area (Å²) in [4.78, 5) is 10.2. The van der Waals surface area contributed by atoms with Crippen LogP contribution in [0.25, 0.3) is 0 Å². The minimum Gasteiger partial charge on any atom is -0.258 e. The van der Waals surface area contributed by atoms with Crippen LogP contribution in [-0.2, 0) is 16.6 Å². The highest BCUT2D eigenvalue weighted by molar-refractivity contribution is 7.89. The van der Waals surface area contributed by atoms with E-state index in [4.69, 9.17) is 0 Å². The quantitative estimate of drug-likeness (QED) is 0.600. The van der Waals surface area contributed by atoms with Crippen molar-refractivity contribution in [1.29, 1.82) is 0 Å². The van der Waals surface area contributed by atoms with E-state index in [0.29, 0.717) is 0 Å². The smallest absolute Gasteiger partial charge is 0.258 e. The summed E-state index contributed by atoms with van der Waals surface area (Å²) >= 11 is 0. The summed E-state index contributed by atoms with van der Waals surface area (Å²) in [5.74, 6) is 0. The second-order valence-electron chi connectivity index (χ2n) is 5.38. The van der Waals surface area contributed by atoms with Crippen LogP contribution in [-0.4, -0.2) is 23.7 Å². The van der Waals surface area contributed by atoms with Crippen LogP contribution in [0.2, 0.25) is 0 Å². The van der Waals surface area contributed by atoms with Crippen LogP contribution in [0.15, 0.2) is 59.5 Å². The van der Waals surface area contributed by atoms with Crippen LogP contribution in [0.4, 0.5) is 5.69 Å². The predicted octanol–water partition coefficient (Wildman–Crippen LogP) is 3.19. The van der Waals surface area contributed by atoms with Gasteiger partial charge < -0.3 is 0 Å². The van der Waals surface area contributed by atoms with Crippen molar-refractivity contribution in [3.63, 3.8) is 0 Å². The first-order valence-electron chi connectivity index (χ1n) is 7.12. The van der Waals surface area contributed by atoms with Gasteiger partial charge in [-0.1, -0.05) is 36.4 Å². The van der Waals surface area contributed by atoms with E-state index in [1.54, 1.807) is 13.8 Å². The number of non-ortho nitro benzene ring substituents is 1. The summed E-state index contributed by atoms with van der Waals surface area (Å²) in [5, 5.41) is 10.9. The van der Waals surface area contributed by atoms with Gasteiger partial charge in [0.05, 0.1) is 9.82 Å². The summed E-state index contributed by atoms with van der Waals surface area (Å²) in [7, 11) is -3.83. The molecule has 0 atom stereocenters. The molecular formula is C16H18N2O4S. The van der Waals surface area contributed by atoms with Gasteiger partial charge in [0, 0.05) is 24.7 Å². The Balaban J connectivity index is 2.41. The van der Waals surface area contributed by atoms with Crippen LogP contribution in [0, 0.1) is 10.1 Å². The number of nitrogens with zero attached hydrogens (tertiary/aromatic N) is 2. The predicted molar refractivity (Wildman–Crippen MR) is 87.4 cm³/mol. The molecule has 0 bridgehead atoms. The van der Waals surface area contributed by atoms with Crippen LogP contribution in [0.3, 0.4) is 0 Å².